The van der Waals surface area contributed by atoms with Crippen molar-refractivity contribution in [2.45, 2.75) is 31.2 Å². The summed E-state index contributed by atoms with van der Waals surface area (Å²) in [7, 11) is 0. The molecular weight excluding hydrogens is 190 g/mol. The van der Waals surface area contributed by atoms with Gasteiger partial charge in [0.25, 0.3) is 0 Å². The molecular formula is C9H12ClNS. The van der Waals surface area contributed by atoms with E-state index in [1.807, 2.05) is 0 Å². The van der Waals surface area contributed by atoms with Crippen LogP contribution in [0.3, 0.4) is 0 Å². The Balaban J connectivity index is 2.37. The maximum absolute atomic E-state index is 6.09. The third-order valence-corrected chi connectivity index (χ3v) is 3.79. The minimum atomic E-state index is -0.486. The van der Waals surface area contributed by atoms with E-state index in [9.17, 15) is 0 Å². The number of hydrogen-bond acceptors (Lipinski definition) is 2. The zero-order valence-electron chi connectivity index (χ0n) is 7.06. The van der Waals surface area contributed by atoms with Crippen LogP contribution in [0, 0.1) is 6.92 Å². The van der Waals surface area contributed by atoms with Crippen LogP contribution in [0.15, 0.2) is 5.38 Å². The van der Waals surface area contributed by atoms with Crippen molar-refractivity contribution < 1.29 is 0 Å². The Hall–Kier alpha value is -0.0500. The summed E-state index contributed by atoms with van der Waals surface area (Å²) in [6.07, 6.45) is 2.78. The molecule has 1 aliphatic carbocycles. The second kappa shape index (κ2) is 2.72. The SMILES string of the molecule is Cc1scc2c1CCC(N)(Cl)C2. The van der Waals surface area contributed by atoms with Crippen LogP contribution in [0.25, 0.3) is 0 Å². The molecule has 66 valence electrons. The van der Waals surface area contributed by atoms with Crippen molar-refractivity contribution in [2.75, 3.05) is 0 Å². The average Bonchev–Trinajstić information content (AvgIpc) is 2.30. The molecule has 0 bridgehead atoms. The molecule has 0 amide bonds. The van der Waals surface area contributed by atoms with Crippen LogP contribution in [-0.4, -0.2) is 5.00 Å². The van der Waals surface area contributed by atoms with Crippen LogP contribution < -0.4 is 5.73 Å². The highest BCUT2D eigenvalue weighted by Gasteiger charge is 2.29. The first-order valence-corrected chi connectivity index (χ1v) is 5.38. The van der Waals surface area contributed by atoms with Gasteiger partial charge < -0.3 is 5.73 Å². The Bertz CT molecular complexity index is 303. The Morgan fingerprint density at radius 2 is 2.42 bits per heavy atom. The zero-order valence-corrected chi connectivity index (χ0v) is 8.63. The summed E-state index contributed by atoms with van der Waals surface area (Å²) in [6, 6.07) is 0. The molecule has 0 saturated heterocycles. The van der Waals surface area contributed by atoms with Gasteiger partial charge in [0, 0.05) is 11.3 Å². The minimum absolute atomic E-state index is 0.486. The molecule has 0 spiro atoms. The van der Waals surface area contributed by atoms with Gasteiger partial charge in [-0.2, -0.15) is 0 Å². The van der Waals surface area contributed by atoms with Gasteiger partial charge in [-0.1, -0.05) is 0 Å². The van der Waals surface area contributed by atoms with Gasteiger partial charge in [-0.15, -0.1) is 22.9 Å². The Morgan fingerprint density at radius 3 is 3.17 bits per heavy atom. The molecule has 1 aromatic heterocycles. The quantitative estimate of drug-likeness (QED) is 0.507. The topological polar surface area (TPSA) is 26.0 Å². The molecule has 1 atom stereocenters. The van der Waals surface area contributed by atoms with Gasteiger partial charge in [0.15, 0.2) is 0 Å². The molecule has 1 aliphatic rings. The fourth-order valence-corrected chi connectivity index (χ4v) is 2.91. The normalized spacial score (nSPS) is 28.6. The lowest BCUT2D eigenvalue weighted by Gasteiger charge is -2.27. The largest absolute Gasteiger partial charge is 0.312 e. The first-order chi connectivity index (χ1) is 5.58. The number of aryl methyl sites for hydroxylation is 1. The molecule has 0 aromatic carbocycles. The number of alkyl halides is 1. The number of halogens is 1. The smallest absolute Gasteiger partial charge is 0.0955 e. The number of rotatable bonds is 0. The van der Waals surface area contributed by atoms with E-state index in [0.29, 0.717) is 0 Å². The Kier molecular flexibility index (Phi) is 1.94. The molecule has 2 rings (SSSR count). The highest BCUT2D eigenvalue weighted by atomic mass is 35.5. The van der Waals surface area contributed by atoms with Crippen LogP contribution >= 0.6 is 22.9 Å². The van der Waals surface area contributed by atoms with Crippen LogP contribution in [0.2, 0.25) is 0 Å². The van der Waals surface area contributed by atoms with Gasteiger partial charge in [-0.3, -0.25) is 0 Å². The van der Waals surface area contributed by atoms with Crippen molar-refractivity contribution in [2.24, 2.45) is 5.73 Å². The van der Waals surface area contributed by atoms with Gasteiger partial charge in [0.2, 0.25) is 0 Å². The van der Waals surface area contributed by atoms with Gasteiger partial charge in [-0.25, -0.2) is 0 Å². The predicted octanol–water partition coefficient (Wildman–Crippen LogP) is 2.44. The third kappa shape index (κ3) is 1.39. The summed E-state index contributed by atoms with van der Waals surface area (Å²) < 4.78 is 0. The summed E-state index contributed by atoms with van der Waals surface area (Å²) in [4.78, 5) is 0.942. The standard InChI is InChI=1S/C9H12ClNS/c1-6-8-2-3-9(10,11)4-7(8)5-12-6/h5H,2-4,11H2,1H3. The number of hydrogen-bond donors (Lipinski definition) is 1. The molecule has 2 N–H and O–H groups in total. The molecule has 3 heteroatoms. The Labute approximate surface area is 81.5 Å². The van der Waals surface area contributed by atoms with Crippen molar-refractivity contribution in [1.82, 2.24) is 0 Å². The van der Waals surface area contributed by atoms with Crippen LogP contribution in [-0.2, 0) is 12.8 Å². The maximum atomic E-state index is 6.09. The van der Waals surface area contributed by atoms with Crippen molar-refractivity contribution in [1.29, 1.82) is 0 Å². The van der Waals surface area contributed by atoms with Gasteiger partial charge in [-0.05, 0) is 36.3 Å². The minimum Gasteiger partial charge on any atom is -0.312 e. The molecule has 1 unspecified atom stereocenters. The molecule has 0 fully saturated rings. The van der Waals surface area contributed by atoms with Gasteiger partial charge in [0.05, 0.1) is 5.00 Å². The lowest BCUT2D eigenvalue weighted by molar-refractivity contribution is 0.517. The first-order valence-electron chi connectivity index (χ1n) is 4.12. The number of fused-ring (bicyclic) bond motifs is 1. The molecule has 1 heterocycles. The number of nitrogens with two attached hydrogens (primary N) is 1. The third-order valence-electron chi connectivity index (χ3n) is 2.47. The average molecular weight is 202 g/mol. The van der Waals surface area contributed by atoms with E-state index in [1.54, 1.807) is 11.3 Å². The molecule has 12 heavy (non-hydrogen) atoms. The molecule has 0 saturated carbocycles. The summed E-state index contributed by atoms with van der Waals surface area (Å²) in [5, 5.41) is 2.19. The zero-order chi connectivity index (χ0) is 8.77. The van der Waals surface area contributed by atoms with Crippen molar-refractivity contribution >= 4 is 22.9 Å². The van der Waals surface area contributed by atoms with Gasteiger partial charge in [0.1, 0.15) is 0 Å². The van der Waals surface area contributed by atoms with E-state index >= 15 is 0 Å². The van der Waals surface area contributed by atoms with E-state index in [1.165, 1.54) is 16.0 Å². The van der Waals surface area contributed by atoms with E-state index < -0.39 is 5.00 Å². The van der Waals surface area contributed by atoms with Crippen LogP contribution in [0.1, 0.15) is 22.4 Å². The summed E-state index contributed by atoms with van der Waals surface area (Å²) >= 11 is 7.90. The Morgan fingerprint density at radius 1 is 1.67 bits per heavy atom. The highest BCUT2D eigenvalue weighted by Crippen LogP contribution is 2.34. The fourth-order valence-electron chi connectivity index (χ4n) is 1.75. The van der Waals surface area contributed by atoms with E-state index in [0.717, 1.165) is 19.3 Å². The van der Waals surface area contributed by atoms with Crippen molar-refractivity contribution in [3.8, 4) is 0 Å². The first kappa shape index (κ1) is 8.54. The molecule has 0 aliphatic heterocycles. The van der Waals surface area contributed by atoms with Gasteiger partial charge >= 0.3 is 0 Å². The lowest BCUT2D eigenvalue weighted by atomic mass is 9.90. The highest BCUT2D eigenvalue weighted by molar-refractivity contribution is 7.10. The second-order valence-electron chi connectivity index (χ2n) is 3.51. The monoisotopic (exact) mass is 201 g/mol. The van der Waals surface area contributed by atoms with Crippen molar-refractivity contribution in [3.05, 3.63) is 21.4 Å². The molecule has 1 nitrogen and oxygen atoms in total. The van der Waals surface area contributed by atoms with E-state index in [-0.39, 0.29) is 0 Å². The summed E-state index contributed by atoms with van der Waals surface area (Å²) in [5.74, 6) is 0. The van der Waals surface area contributed by atoms with Crippen molar-refractivity contribution in [3.63, 3.8) is 0 Å². The second-order valence-corrected chi connectivity index (χ2v) is 5.34. The molecule has 0 radical (unpaired) electrons. The fraction of sp³-hybridized carbons (Fsp3) is 0.556. The summed E-state index contributed by atoms with van der Waals surface area (Å²) in [6.45, 7) is 2.17. The van der Waals surface area contributed by atoms with Crippen LogP contribution in [0.4, 0.5) is 0 Å². The van der Waals surface area contributed by atoms with Crippen LogP contribution in [0.5, 0.6) is 0 Å². The van der Waals surface area contributed by atoms with E-state index in [4.69, 9.17) is 17.3 Å². The summed E-state index contributed by atoms with van der Waals surface area (Å²) in [5.41, 5.74) is 8.72. The van der Waals surface area contributed by atoms with E-state index in [2.05, 4.69) is 12.3 Å². The molecule has 1 aromatic rings. The lowest BCUT2D eigenvalue weighted by Crippen LogP contribution is -2.38. The predicted molar refractivity (Wildman–Crippen MR) is 53.9 cm³/mol. The number of thiophene rings is 1. The maximum Gasteiger partial charge on any atom is 0.0955 e.